The Morgan fingerprint density at radius 1 is 0.846 bits per heavy atom. The summed E-state index contributed by atoms with van der Waals surface area (Å²) in [6.07, 6.45) is 1.54. The maximum Gasteiger partial charge on any atom is 0.274 e. The predicted molar refractivity (Wildman–Crippen MR) is 103 cm³/mol. The number of benzene rings is 2. The number of pyridine rings is 1. The lowest BCUT2D eigenvalue weighted by atomic mass is 10.2. The minimum atomic E-state index is -0.336. The molecule has 0 aliphatic rings. The summed E-state index contributed by atoms with van der Waals surface area (Å²) in [7, 11) is 0. The molecule has 26 heavy (non-hydrogen) atoms. The highest BCUT2D eigenvalue weighted by molar-refractivity contribution is 6.35. The van der Waals surface area contributed by atoms with Crippen molar-refractivity contribution in [3.05, 3.63) is 88.2 Å². The van der Waals surface area contributed by atoms with E-state index in [1.54, 1.807) is 66.9 Å². The lowest BCUT2D eigenvalue weighted by molar-refractivity contribution is 0.101. The molecule has 0 aliphatic carbocycles. The van der Waals surface area contributed by atoms with Crippen LogP contribution in [0, 0.1) is 0 Å². The second-order valence-electron chi connectivity index (χ2n) is 5.32. The van der Waals surface area contributed by atoms with Crippen LogP contribution in [0.15, 0.2) is 66.9 Å². The van der Waals surface area contributed by atoms with E-state index < -0.39 is 0 Å². The fraction of sp³-hybridized carbons (Fsp3) is 0. The number of halogens is 2. The van der Waals surface area contributed by atoms with Gasteiger partial charge in [0, 0.05) is 22.5 Å². The van der Waals surface area contributed by atoms with E-state index in [1.165, 1.54) is 0 Å². The zero-order valence-corrected chi connectivity index (χ0v) is 14.9. The molecule has 0 unspecified atom stereocenters. The first kappa shape index (κ1) is 17.9. The van der Waals surface area contributed by atoms with Gasteiger partial charge in [0.15, 0.2) is 0 Å². The monoisotopic (exact) mass is 385 g/mol. The number of hydrogen-bond donors (Lipinski definition) is 2. The van der Waals surface area contributed by atoms with Gasteiger partial charge in [0.05, 0.1) is 10.7 Å². The van der Waals surface area contributed by atoms with Crippen molar-refractivity contribution in [1.29, 1.82) is 0 Å². The van der Waals surface area contributed by atoms with Gasteiger partial charge in [-0.1, -0.05) is 29.3 Å². The standard InChI is InChI=1S/C19H13Cl2N3O2/c20-13-6-9-15(21)17(11-13)24-18(25)12-4-7-14(8-5-12)23-19(26)16-3-1-2-10-22-16/h1-11H,(H,23,26)(H,24,25). The largest absolute Gasteiger partial charge is 0.321 e. The molecule has 0 radical (unpaired) electrons. The Morgan fingerprint density at radius 2 is 1.62 bits per heavy atom. The molecule has 0 fully saturated rings. The summed E-state index contributed by atoms with van der Waals surface area (Å²) in [5.74, 6) is -0.662. The minimum Gasteiger partial charge on any atom is -0.321 e. The second-order valence-corrected chi connectivity index (χ2v) is 6.17. The van der Waals surface area contributed by atoms with Gasteiger partial charge in [0.1, 0.15) is 5.69 Å². The Labute approximate surface area is 160 Å². The van der Waals surface area contributed by atoms with Gasteiger partial charge < -0.3 is 10.6 Å². The van der Waals surface area contributed by atoms with Crippen LogP contribution in [0.1, 0.15) is 20.8 Å². The molecule has 1 aromatic heterocycles. The first-order valence-electron chi connectivity index (χ1n) is 7.62. The summed E-state index contributed by atoms with van der Waals surface area (Å²) in [5, 5.41) is 6.28. The molecule has 5 nitrogen and oxygen atoms in total. The number of anilines is 2. The number of nitrogens with one attached hydrogen (secondary N) is 2. The Balaban J connectivity index is 1.68. The van der Waals surface area contributed by atoms with E-state index in [9.17, 15) is 9.59 Å². The Hall–Kier alpha value is -2.89. The Bertz CT molecular complexity index is 945. The van der Waals surface area contributed by atoms with Crippen molar-refractivity contribution in [3.63, 3.8) is 0 Å². The molecule has 3 rings (SSSR count). The van der Waals surface area contributed by atoms with E-state index in [0.717, 1.165) is 0 Å². The van der Waals surface area contributed by atoms with E-state index in [1.807, 2.05) is 0 Å². The van der Waals surface area contributed by atoms with Crippen molar-refractivity contribution in [2.75, 3.05) is 10.6 Å². The quantitative estimate of drug-likeness (QED) is 0.671. The van der Waals surface area contributed by atoms with Crippen molar-refractivity contribution in [2.45, 2.75) is 0 Å². The van der Waals surface area contributed by atoms with Gasteiger partial charge in [-0.3, -0.25) is 14.6 Å². The molecule has 0 bridgehead atoms. The van der Waals surface area contributed by atoms with Gasteiger partial charge in [-0.2, -0.15) is 0 Å². The van der Waals surface area contributed by atoms with Crippen molar-refractivity contribution < 1.29 is 9.59 Å². The number of nitrogens with zero attached hydrogens (tertiary/aromatic N) is 1. The van der Waals surface area contributed by atoms with Crippen LogP contribution in [-0.2, 0) is 0 Å². The lowest BCUT2D eigenvalue weighted by Gasteiger charge is -2.09. The average molecular weight is 386 g/mol. The summed E-state index contributed by atoms with van der Waals surface area (Å²) >= 11 is 12.0. The molecule has 130 valence electrons. The number of rotatable bonds is 4. The summed E-state index contributed by atoms with van der Waals surface area (Å²) in [6.45, 7) is 0. The van der Waals surface area contributed by atoms with Crippen LogP contribution < -0.4 is 10.6 Å². The number of aromatic nitrogens is 1. The third kappa shape index (κ3) is 4.39. The van der Waals surface area contributed by atoms with Crippen LogP contribution >= 0.6 is 23.2 Å². The molecule has 3 aromatic rings. The van der Waals surface area contributed by atoms with E-state index in [4.69, 9.17) is 23.2 Å². The molecule has 2 N–H and O–H groups in total. The molecule has 7 heteroatoms. The third-order valence-electron chi connectivity index (χ3n) is 3.48. The number of amides is 2. The summed E-state index contributed by atoms with van der Waals surface area (Å²) in [6, 6.07) is 16.4. The van der Waals surface area contributed by atoms with Gasteiger partial charge in [-0.05, 0) is 54.6 Å². The smallest absolute Gasteiger partial charge is 0.274 e. The predicted octanol–water partition coefficient (Wildman–Crippen LogP) is 4.89. The van der Waals surface area contributed by atoms with Crippen LogP contribution in [0.25, 0.3) is 0 Å². The van der Waals surface area contributed by atoms with Crippen molar-refractivity contribution in [1.82, 2.24) is 4.98 Å². The minimum absolute atomic E-state index is 0.310. The second kappa shape index (κ2) is 7.99. The molecule has 0 atom stereocenters. The molecule has 0 saturated heterocycles. The normalized spacial score (nSPS) is 10.2. The lowest BCUT2D eigenvalue weighted by Crippen LogP contribution is -2.14. The first-order chi connectivity index (χ1) is 12.5. The maximum absolute atomic E-state index is 12.3. The summed E-state index contributed by atoms with van der Waals surface area (Å²) in [5.41, 5.74) is 1.71. The fourth-order valence-electron chi connectivity index (χ4n) is 2.18. The highest BCUT2D eigenvalue weighted by Gasteiger charge is 2.10. The number of carbonyl (C=O) groups is 2. The molecular weight excluding hydrogens is 373 g/mol. The number of carbonyl (C=O) groups excluding carboxylic acids is 2. The van der Waals surface area contributed by atoms with Crippen molar-refractivity contribution >= 4 is 46.4 Å². The maximum atomic E-state index is 12.3. The average Bonchev–Trinajstić information content (AvgIpc) is 2.66. The van der Waals surface area contributed by atoms with Gasteiger partial charge in [-0.15, -0.1) is 0 Å². The molecule has 2 amide bonds. The van der Waals surface area contributed by atoms with Crippen LogP contribution in [-0.4, -0.2) is 16.8 Å². The highest BCUT2D eigenvalue weighted by Crippen LogP contribution is 2.26. The van der Waals surface area contributed by atoms with Crippen molar-refractivity contribution in [2.24, 2.45) is 0 Å². The van der Waals surface area contributed by atoms with Crippen LogP contribution in [0.5, 0.6) is 0 Å². The molecular formula is C19H13Cl2N3O2. The SMILES string of the molecule is O=C(Nc1cc(Cl)ccc1Cl)c1ccc(NC(=O)c2ccccn2)cc1. The molecule has 0 saturated carbocycles. The fourth-order valence-corrected chi connectivity index (χ4v) is 2.52. The van der Waals surface area contributed by atoms with E-state index >= 15 is 0 Å². The zero-order chi connectivity index (χ0) is 18.5. The molecule has 2 aromatic carbocycles. The molecule has 0 aliphatic heterocycles. The third-order valence-corrected chi connectivity index (χ3v) is 4.04. The van der Waals surface area contributed by atoms with E-state index in [2.05, 4.69) is 15.6 Å². The highest BCUT2D eigenvalue weighted by atomic mass is 35.5. The van der Waals surface area contributed by atoms with Gasteiger partial charge in [-0.25, -0.2) is 0 Å². The van der Waals surface area contributed by atoms with E-state index in [-0.39, 0.29) is 11.8 Å². The van der Waals surface area contributed by atoms with Gasteiger partial charge in [0.25, 0.3) is 11.8 Å². The first-order valence-corrected chi connectivity index (χ1v) is 8.37. The summed E-state index contributed by atoms with van der Waals surface area (Å²) < 4.78 is 0. The Kier molecular flexibility index (Phi) is 5.51. The molecule has 0 spiro atoms. The van der Waals surface area contributed by atoms with Crippen molar-refractivity contribution in [3.8, 4) is 0 Å². The van der Waals surface area contributed by atoms with Crippen LogP contribution in [0.2, 0.25) is 10.0 Å². The number of hydrogen-bond acceptors (Lipinski definition) is 3. The van der Waals surface area contributed by atoms with E-state index in [0.29, 0.717) is 32.7 Å². The van der Waals surface area contributed by atoms with Crippen LogP contribution in [0.3, 0.4) is 0 Å². The van der Waals surface area contributed by atoms with Gasteiger partial charge in [0.2, 0.25) is 0 Å². The zero-order valence-electron chi connectivity index (χ0n) is 13.4. The van der Waals surface area contributed by atoms with Crippen LogP contribution in [0.4, 0.5) is 11.4 Å². The molecule has 1 heterocycles. The topological polar surface area (TPSA) is 71.1 Å². The summed E-state index contributed by atoms with van der Waals surface area (Å²) in [4.78, 5) is 28.4. The Morgan fingerprint density at radius 3 is 2.31 bits per heavy atom. The van der Waals surface area contributed by atoms with Gasteiger partial charge >= 0.3 is 0 Å².